The molecule has 25 heavy (non-hydrogen) atoms. The summed E-state index contributed by atoms with van der Waals surface area (Å²) in [6, 6.07) is 7.53. The zero-order chi connectivity index (χ0) is 17.2. The van der Waals surface area contributed by atoms with Crippen LogP contribution in [0.25, 0.3) is 10.6 Å². The predicted molar refractivity (Wildman–Crippen MR) is 93.3 cm³/mol. The second kappa shape index (κ2) is 6.84. The number of carbonyl (C=O) groups is 1. The third kappa shape index (κ3) is 3.11. The fourth-order valence-corrected chi connectivity index (χ4v) is 3.90. The topological polar surface area (TPSA) is 72.4 Å². The van der Waals surface area contributed by atoms with E-state index in [-0.39, 0.29) is 11.9 Å². The molecule has 0 N–H and O–H groups in total. The molecule has 0 aromatic carbocycles. The smallest absolute Gasteiger partial charge is 0.276 e. The highest BCUT2D eigenvalue weighted by atomic mass is 32.1. The van der Waals surface area contributed by atoms with Gasteiger partial charge in [-0.25, -0.2) is 0 Å². The van der Waals surface area contributed by atoms with Crippen LogP contribution in [0.3, 0.4) is 0 Å². The lowest BCUT2D eigenvalue weighted by Crippen LogP contribution is -2.30. The maximum atomic E-state index is 12.9. The van der Waals surface area contributed by atoms with Gasteiger partial charge in [-0.05, 0) is 30.7 Å². The Kier molecular flexibility index (Phi) is 4.40. The van der Waals surface area contributed by atoms with Crippen LogP contribution in [-0.4, -0.2) is 27.7 Å². The van der Waals surface area contributed by atoms with Crippen LogP contribution in [0.15, 0.2) is 38.7 Å². The Hall–Kier alpha value is -2.41. The molecule has 0 unspecified atom stereocenters. The molecule has 0 spiro atoms. The minimum atomic E-state index is -0.117. The van der Waals surface area contributed by atoms with E-state index in [0.29, 0.717) is 18.0 Å². The lowest BCUT2D eigenvalue weighted by atomic mass is 10.1. The molecule has 3 aromatic rings. The van der Waals surface area contributed by atoms with Crippen molar-refractivity contribution in [1.29, 1.82) is 0 Å². The van der Waals surface area contributed by atoms with Gasteiger partial charge in [0, 0.05) is 25.1 Å². The maximum Gasteiger partial charge on any atom is 0.276 e. The number of carbonyl (C=O) groups excluding carboxylic acids is 1. The molecule has 1 aliphatic rings. The number of nitrogens with zero attached hydrogens (tertiary/aromatic N) is 3. The van der Waals surface area contributed by atoms with Crippen LogP contribution in [-0.2, 0) is 6.42 Å². The number of rotatable bonds is 5. The second-order valence-corrected chi connectivity index (χ2v) is 7.13. The zero-order valence-corrected chi connectivity index (χ0v) is 14.8. The molecule has 130 valence electrons. The molecule has 7 heteroatoms. The zero-order valence-electron chi connectivity index (χ0n) is 14.0. The third-order valence-corrected chi connectivity index (χ3v) is 5.31. The van der Waals surface area contributed by atoms with Crippen molar-refractivity contribution in [3.05, 3.63) is 46.8 Å². The second-order valence-electron chi connectivity index (χ2n) is 6.18. The van der Waals surface area contributed by atoms with E-state index in [1.54, 1.807) is 17.4 Å². The number of amides is 1. The highest BCUT2D eigenvalue weighted by Crippen LogP contribution is 2.33. The number of likely N-dealkylation sites (tertiary alicyclic amines) is 1. The minimum absolute atomic E-state index is 0.0521. The largest absolute Gasteiger partial charge is 0.361 e. The first kappa shape index (κ1) is 16.1. The van der Waals surface area contributed by atoms with E-state index in [9.17, 15) is 4.79 Å². The van der Waals surface area contributed by atoms with Gasteiger partial charge in [-0.15, -0.1) is 11.3 Å². The highest BCUT2D eigenvalue weighted by Gasteiger charge is 2.34. The van der Waals surface area contributed by atoms with Crippen molar-refractivity contribution in [2.75, 3.05) is 6.54 Å². The molecule has 0 aliphatic carbocycles. The van der Waals surface area contributed by atoms with Gasteiger partial charge in [0.25, 0.3) is 5.91 Å². The summed E-state index contributed by atoms with van der Waals surface area (Å²) < 4.78 is 10.7. The van der Waals surface area contributed by atoms with E-state index in [1.807, 2.05) is 28.5 Å². The molecule has 0 radical (unpaired) electrons. The van der Waals surface area contributed by atoms with Gasteiger partial charge in [0.15, 0.2) is 11.5 Å². The number of aromatic nitrogens is 2. The summed E-state index contributed by atoms with van der Waals surface area (Å²) >= 11 is 1.56. The Morgan fingerprint density at radius 3 is 3.08 bits per heavy atom. The molecule has 0 bridgehead atoms. The monoisotopic (exact) mass is 357 g/mol. The lowest BCUT2D eigenvalue weighted by molar-refractivity contribution is 0.0720. The first-order valence-electron chi connectivity index (χ1n) is 8.53. The summed E-state index contributed by atoms with van der Waals surface area (Å²) in [5, 5.41) is 10.1. The maximum absolute atomic E-state index is 12.9. The third-order valence-electron chi connectivity index (χ3n) is 4.42. The average Bonchev–Trinajstić information content (AvgIpc) is 3.40. The van der Waals surface area contributed by atoms with Crippen LogP contribution in [0, 0.1) is 0 Å². The van der Waals surface area contributed by atoms with Crippen molar-refractivity contribution in [1.82, 2.24) is 15.2 Å². The van der Waals surface area contributed by atoms with Crippen molar-refractivity contribution in [3.63, 3.8) is 0 Å². The molecule has 0 saturated carbocycles. The molecule has 1 fully saturated rings. The van der Waals surface area contributed by atoms with Gasteiger partial charge in [-0.2, -0.15) is 0 Å². The summed E-state index contributed by atoms with van der Waals surface area (Å²) in [4.78, 5) is 15.7. The number of aryl methyl sites for hydroxylation is 1. The molecule has 1 atom stereocenters. The van der Waals surface area contributed by atoms with Crippen molar-refractivity contribution in [2.45, 2.75) is 38.6 Å². The van der Waals surface area contributed by atoms with Gasteiger partial charge in [0.2, 0.25) is 0 Å². The average molecular weight is 357 g/mol. The molecular formula is C18H19N3O3S. The summed E-state index contributed by atoms with van der Waals surface area (Å²) in [5.74, 6) is 1.38. The van der Waals surface area contributed by atoms with Crippen molar-refractivity contribution in [2.24, 2.45) is 0 Å². The van der Waals surface area contributed by atoms with Crippen LogP contribution in [0.1, 0.15) is 54.2 Å². The van der Waals surface area contributed by atoms with Gasteiger partial charge in [-0.3, -0.25) is 4.79 Å². The van der Waals surface area contributed by atoms with E-state index in [1.165, 1.54) is 0 Å². The SMILES string of the molecule is CCCc1cc([C@H]2CCCN2C(=O)c2cc(-c3cccs3)on2)no1. The van der Waals surface area contributed by atoms with E-state index in [0.717, 1.165) is 42.0 Å². The quantitative estimate of drug-likeness (QED) is 0.680. The van der Waals surface area contributed by atoms with Crippen LogP contribution < -0.4 is 0 Å². The summed E-state index contributed by atoms with van der Waals surface area (Å²) in [5.41, 5.74) is 1.17. The Bertz CT molecular complexity index is 853. The molecule has 4 rings (SSSR count). The first-order valence-corrected chi connectivity index (χ1v) is 9.41. The van der Waals surface area contributed by atoms with Gasteiger partial charge < -0.3 is 13.9 Å². The van der Waals surface area contributed by atoms with Crippen molar-refractivity contribution < 1.29 is 13.8 Å². The molecule has 1 amide bonds. The summed E-state index contributed by atoms with van der Waals surface area (Å²) in [6.45, 7) is 2.80. The first-order chi connectivity index (χ1) is 12.3. The van der Waals surface area contributed by atoms with Gasteiger partial charge in [-0.1, -0.05) is 23.3 Å². The van der Waals surface area contributed by atoms with Crippen LogP contribution >= 0.6 is 11.3 Å². The highest BCUT2D eigenvalue weighted by molar-refractivity contribution is 7.13. The molecule has 1 saturated heterocycles. The molecule has 4 heterocycles. The predicted octanol–water partition coefficient (Wildman–Crippen LogP) is 4.32. The van der Waals surface area contributed by atoms with Crippen molar-refractivity contribution in [3.8, 4) is 10.6 Å². The number of thiophene rings is 1. The van der Waals surface area contributed by atoms with E-state index < -0.39 is 0 Å². The fraction of sp³-hybridized carbons (Fsp3) is 0.389. The molecule has 1 aliphatic heterocycles. The summed E-state index contributed by atoms with van der Waals surface area (Å²) in [7, 11) is 0. The minimum Gasteiger partial charge on any atom is -0.361 e. The number of hydrogen-bond donors (Lipinski definition) is 0. The Morgan fingerprint density at radius 1 is 1.36 bits per heavy atom. The van der Waals surface area contributed by atoms with E-state index in [2.05, 4.69) is 17.2 Å². The van der Waals surface area contributed by atoms with Crippen LogP contribution in [0.5, 0.6) is 0 Å². The normalized spacial score (nSPS) is 17.3. The van der Waals surface area contributed by atoms with Crippen LogP contribution in [0.2, 0.25) is 0 Å². The Labute approximate surface area is 149 Å². The van der Waals surface area contributed by atoms with E-state index in [4.69, 9.17) is 9.05 Å². The Morgan fingerprint density at radius 2 is 2.28 bits per heavy atom. The molecule has 3 aromatic heterocycles. The Balaban J connectivity index is 1.54. The number of hydrogen-bond acceptors (Lipinski definition) is 6. The van der Waals surface area contributed by atoms with Gasteiger partial charge >= 0.3 is 0 Å². The fourth-order valence-electron chi connectivity index (χ4n) is 3.23. The van der Waals surface area contributed by atoms with Crippen molar-refractivity contribution >= 4 is 17.2 Å². The van der Waals surface area contributed by atoms with E-state index >= 15 is 0 Å². The molecule has 6 nitrogen and oxygen atoms in total. The molecular weight excluding hydrogens is 338 g/mol. The van der Waals surface area contributed by atoms with Gasteiger partial charge in [0.05, 0.1) is 10.9 Å². The standard InChI is InChI=1S/C18H19N3O3S/c1-2-5-12-10-13(19-23-12)15-6-3-8-21(15)18(22)14-11-16(24-20-14)17-7-4-9-25-17/h4,7,9-11,15H,2-3,5-6,8H2,1H3/t15-/m1/s1. The van der Waals surface area contributed by atoms with Gasteiger partial charge in [0.1, 0.15) is 11.5 Å². The summed E-state index contributed by atoms with van der Waals surface area (Å²) in [6.07, 6.45) is 3.70. The van der Waals surface area contributed by atoms with Crippen LogP contribution in [0.4, 0.5) is 0 Å². The lowest BCUT2D eigenvalue weighted by Gasteiger charge is -2.21.